The lowest BCUT2D eigenvalue weighted by molar-refractivity contribution is 0.0939. The molecule has 3 unspecified atom stereocenters. The zero-order valence-corrected chi connectivity index (χ0v) is 10.5. The van der Waals surface area contributed by atoms with Crippen LogP contribution in [0.5, 0.6) is 0 Å². The van der Waals surface area contributed by atoms with E-state index in [0.29, 0.717) is 23.1 Å². The lowest BCUT2D eigenvalue weighted by Gasteiger charge is -2.20. The van der Waals surface area contributed by atoms with Crippen molar-refractivity contribution in [2.45, 2.75) is 32.1 Å². The van der Waals surface area contributed by atoms with Gasteiger partial charge in [-0.3, -0.25) is 9.78 Å². The molecule has 2 nitrogen and oxygen atoms in total. The van der Waals surface area contributed by atoms with E-state index >= 15 is 0 Å². The van der Waals surface area contributed by atoms with E-state index in [1.165, 1.54) is 25.7 Å². The van der Waals surface area contributed by atoms with E-state index in [9.17, 15) is 4.79 Å². The fourth-order valence-corrected chi connectivity index (χ4v) is 3.62. The standard InChI is InChI=1S/C14H16ClNO/c15-12-3-4-13(16-8-12)14(17)7-11-6-9-1-2-10(11)5-9/h3-4,8-11H,1-2,5-7H2. The highest BCUT2D eigenvalue weighted by atomic mass is 35.5. The third-order valence-corrected chi connectivity index (χ3v) is 4.57. The SMILES string of the molecule is O=C(CC1CC2CCC1C2)c1ccc(Cl)cn1. The van der Waals surface area contributed by atoms with Gasteiger partial charge in [0.1, 0.15) is 5.69 Å². The van der Waals surface area contributed by atoms with Gasteiger partial charge in [-0.05, 0) is 49.1 Å². The smallest absolute Gasteiger partial charge is 0.181 e. The Labute approximate surface area is 106 Å². The molecule has 2 aliphatic rings. The highest BCUT2D eigenvalue weighted by Crippen LogP contribution is 2.49. The Bertz CT molecular complexity index is 428. The van der Waals surface area contributed by atoms with Crippen LogP contribution in [0.2, 0.25) is 5.02 Å². The molecule has 90 valence electrons. The van der Waals surface area contributed by atoms with Gasteiger partial charge in [0, 0.05) is 12.6 Å². The number of carbonyl (C=O) groups excluding carboxylic acids is 1. The molecular weight excluding hydrogens is 234 g/mol. The monoisotopic (exact) mass is 249 g/mol. The lowest BCUT2D eigenvalue weighted by atomic mass is 9.85. The van der Waals surface area contributed by atoms with Crippen LogP contribution in [-0.4, -0.2) is 10.8 Å². The first-order chi connectivity index (χ1) is 8.22. The average Bonchev–Trinajstić information content (AvgIpc) is 2.91. The first kappa shape index (κ1) is 11.2. The summed E-state index contributed by atoms with van der Waals surface area (Å²) in [5.74, 6) is 2.49. The molecule has 0 aromatic carbocycles. The van der Waals surface area contributed by atoms with Gasteiger partial charge in [-0.15, -0.1) is 0 Å². The van der Waals surface area contributed by atoms with Crippen molar-refractivity contribution in [3.8, 4) is 0 Å². The number of hydrogen-bond acceptors (Lipinski definition) is 2. The molecule has 0 spiro atoms. The molecule has 3 heteroatoms. The maximum atomic E-state index is 12.1. The second kappa shape index (κ2) is 4.41. The summed E-state index contributed by atoms with van der Waals surface area (Å²) in [4.78, 5) is 16.2. The van der Waals surface area contributed by atoms with Crippen LogP contribution in [0, 0.1) is 17.8 Å². The van der Waals surface area contributed by atoms with Crippen LogP contribution >= 0.6 is 11.6 Å². The van der Waals surface area contributed by atoms with Gasteiger partial charge in [-0.1, -0.05) is 18.0 Å². The number of rotatable bonds is 3. The molecule has 0 radical (unpaired) electrons. The zero-order valence-electron chi connectivity index (χ0n) is 9.73. The predicted molar refractivity (Wildman–Crippen MR) is 67.1 cm³/mol. The van der Waals surface area contributed by atoms with Gasteiger partial charge in [-0.25, -0.2) is 0 Å². The third kappa shape index (κ3) is 2.23. The van der Waals surface area contributed by atoms with Gasteiger partial charge in [0.15, 0.2) is 5.78 Å². The first-order valence-corrected chi connectivity index (χ1v) is 6.75. The van der Waals surface area contributed by atoms with Crippen molar-refractivity contribution in [1.82, 2.24) is 4.98 Å². The predicted octanol–water partition coefficient (Wildman–Crippen LogP) is 3.74. The van der Waals surface area contributed by atoms with Crippen molar-refractivity contribution in [2.75, 3.05) is 0 Å². The fraction of sp³-hybridized carbons (Fsp3) is 0.571. The number of hydrogen-bond donors (Lipinski definition) is 0. The van der Waals surface area contributed by atoms with E-state index < -0.39 is 0 Å². The van der Waals surface area contributed by atoms with E-state index in [1.807, 2.05) is 0 Å². The topological polar surface area (TPSA) is 30.0 Å². The Morgan fingerprint density at radius 2 is 2.24 bits per heavy atom. The minimum Gasteiger partial charge on any atom is -0.292 e. The number of nitrogens with zero attached hydrogens (tertiary/aromatic N) is 1. The Morgan fingerprint density at radius 3 is 2.82 bits per heavy atom. The number of pyridine rings is 1. The summed E-state index contributed by atoms with van der Waals surface area (Å²) in [6.07, 6.45) is 7.55. The number of ketones is 1. The highest BCUT2D eigenvalue weighted by molar-refractivity contribution is 6.30. The Morgan fingerprint density at radius 1 is 1.35 bits per heavy atom. The van der Waals surface area contributed by atoms with Crippen LogP contribution in [0.25, 0.3) is 0 Å². The van der Waals surface area contributed by atoms with Gasteiger partial charge < -0.3 is 0 Å². The van der Waals surface area contributed by atoms with Crippen molar-refractivity contribution in [3.63, 3.8) is 0 Å². The molecule has 2 aliphatic carbocycles. The number of aromatic nitrogens is 1. The van der Waals surface area contributed by atoms with Gasteiger partial charge in [0.2, 0.25) is 0 Å². The summed E-state index contributed by atoms with van der Waals surface area (Å²) in [6, 6.07) is 3.47. The van der Waals surface area contributed by atoms with Crippen LogP contribution in [0.3, 0.4) is 0 Å². The Kier molecular flexibility index (Phi) is 2.91. The van der Waals surface area contributed by atoms with E-state index in [4.69, 9.17) is 11.6 Å². The van der Waals surface area contributed by atoms with Gasteiger partial charge in [-0.2, -0.15) is 0 Å². The lowest BCUT2D eigenvalue weighted by Crippen LogP contribution is -2.16. The molecule has 2 saturated carbocycles. The third-order valence-electron chi connectivity index (χ3n) is 4.35. The van der Waals surface area contributed by atoms with Crippen LogP contribution in [-0.2, 0) is 0 Å². The largest absolute Gasteiger partial charge is 0.292 e. The molecule has 3 atom stereocenters. The molecule has 0 saturated heterocycles. The summed E-state index contributed by atoms with van der Waals surface area (Å²) in [6.45, 7) is 0. The molecule has 2 bridgehead atoms. The normalized spacial score (nSPS) is 30.8. The van der Waals surface area contributed by atoms with E-state index in [2.05, 4.69) is 4.98 Å². The summed E-state index contributed by atoms with van der Waals surface area (Å²) in [5.41, 5.74) is 0.567. The zero-order chi connectivity index (χ0) is 11.8. The number of carbonyl (C=O) groups is 1. The number of halogens is 1. The molecule has 1 heterocycles. The Hall–Kier alpha value is -0.890. The van der Waals surface area contributed by atoms with Gasteiger partial charge in [0.25, 0.3) is 0 Å². The molecule has 17 heavy (non-hydrogen) atoms. The van der Waals surface area contributed by atoms with Crippen molar-refractivity contribution >= 4 is 17.4 Å². The fourth-order valence-electron chi connectivity index (χ4n) is 3.51. The minimum atomic E-state index is 0.180. The van der Waals surface area contributed by atoms with Gasteiger partial charge >= 0.3 is 0 Å². The van der Waals surface area contributed by atoms with E-state index in [0.717, 1.165) is 11.8 Å². The molecule has 2 fully saturated rings. The van der Waals surface area contributed by atoms with Crippen LogP contribution < -0.4 is 0 Å². The summed E-state index contributed by atoms with van der Waals surface area (Å²) >= 11 is 5.76. The highest BCUT2D eigenvalue weighted by Gasteiger charge is 2.40. The first-order valence-electron chi connectivity index (χ1n) is 6.37. The quantitative estimate of drug-likeness (QED) is 0.764. The van der Waals surface area contributed by atoms with Crippen LogP contribution in [0.15, 0.2) is 18.3 Å². The summed E-state index contributed by atoms with van der Waals surface area (Å²) in [7, 11) is 0. The summed E-state index contributed by atoms with van der Waals surface area (Å²) in [5, 5.41) is 0.585. The van der Waals surface area contributed by atoms with Gasteiger partial charge in [0.05, 0.1) is 5.02 Å². The minimum absolute atomic E-state index is 0.180. The maximum absolute atomic E-state index is 12.1. The number of Topliss-reactive ketones (excluding diaryl/α,β-unsaturated/α-hetero) is 1. The van der Waals surface area contributed by atoms with E-state index in [1.54, 1.807) is 18.3 Å². The Balaban J connectivity index is 1.65. The number of fused-ring (bicyclic) bond motifs is 2. The molecule has 0 amide bonds. The van der Waals surface area contributed by atoms with Crippen LogP contribution in [0.4, 0.5) is 0 Å². The maximum Gasteiger partial charge on any atom is 0.181 e. The molecule has 3 rings (SSSR count). The van der Waals surface area contributed by atoms with Crippen molar-refractivity contribution in [2.24, 2.45) is 17.8 Å². The second-order valence-electron chi connectivity index (χ2n) is 5.42. The molecule has 0 N–H and O–H groups in total. The van der Waals surface area contributed by atoms with E-state index in [-0.39, 0.29) is 5.78 Å². The van der Waals surface area contributed by atoms with Crippen molar-refractivity contribution in [3.05, 3.63) is 29.0 Å². The molecule has 1 aromatic heterocycles. The van der Waals surface area contributed by atoms with Crippen molar-refractivity contribution < 1.29 is 4.79 Å². The molecule has 1 aromatic rings. The van der Waals surface area contributed by atoms with Crippen LogP contribution in [0.1, 0.15) is 42.6 Å². The molecular formula is C14H16ClNO. The van der Waals surface area contributed by atoms with Crippen molar-refractivity contribution in [1.29, 1.82) is 0 Å². The summed E-state index contributed by atoms with van der Waals surface area (Å²) < 4.78 is 0. The second-order valence-corrected chi connectivity index (χ2v) is 5.86. The molecule has 0 aliphatic heterocycles. The average molecular weight is 250 g/mol.